The van der Waals surface area contributed by atoms with Crippen LogP contribution in [0.4, 0.5) is 0 Å². The van der Waals surface area contributed by atoms with Crippen LogP contribution in [0.1, 0.15) is 20.8 Å². The van der Waals surface area contributed by atoms with E-state index in [9.17, 15) is 0 Å². The van der Waals surface area contributed by atoms with Gasteiger partial charge in [0.15, 0.2) is 0 Å². The Hall–Kier alpha value is -1.38. The Bertz CT molecular complexity index is 274. The summed E-state index contributed by atoms with van der Waals surface area (Å²) in [6.45, 7) is 10.2. The predicted molar refractivity (Wildman–Crippen MR) is 63.1 cm³/mol. The maximum absolute atomic E-state index is 7.74. The van der Waals surface area contributed by atoms with Crippen LogP contribution in [-0.4, -0.2) is 30.9 Å². The summed E-state index contributed by atoms with van der Waals surface area (Å²) in [5, 5.41) is 7.74. The lowest BCUT2D eigenvalue weighted by Gasteiger charge is -2.19. The summed E-state index contributed by atoms with van der Waals surface area (Å²) in [7, 11) is 1.94. The lowest BCUT2D eigenvalue weighted by Crippen LogP contribution is -2.18. The third kappa shape index (κ3) is 3.17. The SMILES string of the molecule is C=N/C(=C(/C)C(=N)/C=C\C)N(C)CC. The standard InChI is InChI=1S/C11H19N3/c1-6-8-10(12)9(3)11(13-4)14(5)7-2/h6,8,12H,4,7H2,1-3,5H3/b8-6-,11-9+,12-10?. The molecule has 3 nitrogen and oxygen atoms in total. The average molecular weight is 193 g/mol. The van der Waals surface area contributed by atoms with Crippen molar-refractivity contribution in [1.29, 1.82) is 5.41 Å². The topological polar surface area (TPSA) is 39.5 Å². The molecule has 0 aliphatic heterocycles. The molecule has 78 valence electrons. The monoisotopic (exact) mass is 193 g/mol. The molecular weight excluding hydrogens is 174 g/mol. The zero-order valence-corrected chi connectivity index (χ0v) is 9.46. The summed E-state index contributed by atoms with van der Waals surface area (Å²) in [5.41, 5.74) is 1.33. The Morgan fingerprint density at radius 1 is 1.57 bits per heavy atom. The van der Waals surface area contributed by atoms with Crippen molar-refractivity contribution < 1.29 is 0 Å². The van der Waals surface area contributed by atoms with E-state index in [2.05, 4.69) is 11.7 Å². The molecule has 0 rings (SSSR count). The van der Waals surface area contributed by atoms with Gasteiger partial charge in [0.05, 0.1) is 5.71 Å². The van der Waals surface area contributed by atoms with E-state index in [1.807, 2.05) is 38.8 Å². The van der Waals surface area contributed by atoms with Crippen LogP contribution in [0, 0.1) is 5.41 Å². The molecule has 0 aromatic carbocycles. The maximum Gasteiger partial charge on any atom is 0.132 e. The molecule has 0 saturated heterocycles. The lowest BCUT2D eigenvalue weighted by molar-refractivity contribution is 0.435. The molecule has 0 bridgehead atoms. The van der Waals surface area contributed by atoms with Gasteiger partial charge < -0.3 is 10.3 Å². The molecule has 0 aromatic heterocycles. The van der Waals surface area contributed by atoms with Crippen LogP contribution in [0.5, 0.6) is 0 Å². The Kier molecular flexibility index (Phi) is 5.53. The first-order valence-corrected chi connectivity index (χ1v) is 4.68. The van der Waals surface area contributed by atoms with E-state index in [0.717, 1.165) is 17.9 Å². The second-order valence-corrected chi connectivity index (χ2v) is 3.03. The molecule has 0 aliphatic rings. The highest BCUT2D eigenvalue weighted by molar-refractivity contribution is 6.06. The van der Waals surface area contributed by atoms with Gasteiger partial charge in [0.1, 0.15) is 5.82 Å². The number of nitrogens with zero attached hydrogens (tertiary/aromatic N) is 2. The van der Waals surface area contributed by atoms with Gasteiger partial charge in [0.25, 0.3) is 0 Å². The lowest BCUT2D eigenvalue weighted by atomic mass is 10.1. The zero-order valence-electron chi connectivity index (χ0n) is 9.46. The summed E-state index contributed by atoms with van der Waals surface area (Å²) in [5.74, 6) is 0.774. The van der Waals surface area contributed by atoms with Crippen LogP contribution >= 0.6 is 0 Å². The summed E-state index contributed by atoms with van der Waals surface area (Å²) >= 11 is 0. The molecule has 0 amide bonds. The van der Waals surface area contributed by atoms with Gasteiger partial charge in [-0.3, -0.25) is 0 Å². The number of nitrogens with one attached hydrogen (secondary N) is 1. The van der Waals surface area contributed by atoms with E-state index in [4.69, 9.17) is 5.41 Å². The minimum Gasteiger partial charge on any atom is -0.360 e. The van der Waals surface area contributed by atoms with Crippen molar-refractivity contribution in [3.8, 4) is 0 Å². The van der Waals surface area contributed by atoms with Gasteiger partial charge in [-0.1, -0.05) is 6.08 Å². The molecule has 0 fully saturated rings. The van der Waals surface area contributed by atoms with Gasteiger partial charge in [-0.25, -0.2) is 4.99 Å². The summed E-state index contributed by atoms with van der Waals surface area (Å²) in [6, 6.07) is 0. The Morgan fingerprint density at radius 3 is 2.50 bits per heavy atom. The normalized spacial score (nSPS) is 12.6. The third-order valence-electron chi connectivity index (χ3n) is 2.06. The van der Waals surface area contributed by atoms with Crippen LogP contribution in [0.2, 0.25) is 0 Å². The van der Waals surface area contributed by atoms with E-state index in [1.54, 1.807) is 6.08 Å². The van der Waals surface area contributed by atoms with Crippen molar-refractivity contribution in [2.75, 3.05) is 13.6 Å². The molecule has 1 N–H and O–H groups in total. The zero-order chi connectivity index (χ0) is 11.1. The number of rotatable bonds is 5. The maximum atomic E-state index is 7.74. The molecule has 3 heteroatoms. The Balaban J connectivity index is 5.01. The first-order chi connectivity index (χ1) is 6.58. The summed E-state index contributed by atoms with van der Waals surface area (Å²) < 4.78 is 0. The van der Waals surface area contributed by atoms with E-state index >= 15 is 0 Å². The van der Waals surface area contributed by atoms with E-state index in [1.165, 1.54) is 0 Å². The molecular formula is C11H19N3. The molecule has 0 unspecified atom stereocenters. The average Bonchev–Trinajstić information content (AvgIpc) is 2.18. The van der Waals surface area contributed by atoms with E-state index < -0.39 is 0 Å². The van der Waals surface area contributed by atoms with Crippen molar-refractivity contribution in [1.82, 2.24) is 4.90 Å². The smallest absolute Gasteiger partial charge is 0.132 e. The van der Waals surface area contributed by atoms with Gasteiger partial charge in [-0.15, -0.1) is 0 Å². The van der Waals surface area contributed by atoms with E-state index in [-0.39, 0.29) is 0 Å². The largest absolute Gasteiger partial charge is 0.360 e. The van der Waals surface area contributed by atoms with Crippen LogP contribution in [0.3, 0.4) is 0 Å². The number of hydrogen-bond donors (Lipinski definition) is 1. The van der Waals surface area contributed by atoms with Crippen LogP contribution in [0.25, 0.3) is 0 Å². The van der Waals surface area contributed by atoms with E-state index in [0.29, 0.717) is 5.71 Å². The van der Waals surface area contributed by atoms with Crippen molar-refractivity contribution in [2.24, 2.45) is 4.99 Å². The van der Waals surface area contributed by atoms with Gasteiger partial charge in [-0.2, -0.15) is 0 Å². The minimum atomic E-state index is 0.482. The van der Waals surface area contributed by atoms with Crippen molar-refractivity contribution in [2.45, 2.75) is 20.8 Å². The first kappa shape index (κ1) is 12.6. The Morgan fingerprint density at radius 2 is 2.14 bits per heavy atom. The quantitative estimate of drug-likeness (QED) is 0.669. The number of aliphatic imine (C=N–C) groups is 1. The first-order valence-electron chi connectivity index (χ1n) is 4.68. The second-order valence-electron chi connectivity index (χ2n) is 3.03. The van der Waals surface area contributed by atoms with Crippen LogP contribution in [0.15, 0.2) is 28.5 Å². The molecule has 0 heterocycles. The molecule has 14 heavy (non-hydrogen) atoms. The highest BCUT2D eigenvalue weighted by Gasteiger charge is 2.06. The second kappa shape index (κ2) is 6.13. The fourth-order valence-corrected chi connectivity index (χ4v) is 1.09. The molecule has 0 radical (unpaired) electrons. The molecule has 0 aromatic rings. The van der Waals surface area contributed by atoms with Crippen molar-refractivity contribution >= 4 is 12.4 Å². The van der Waals surface area contributed by atoms with Gasteiger partial charge >= 0.3 is 0 Å². The molecule has 0 aliphatic carbocycles. The summed E-state index contributed by atoms with van der Waals surface area (Å²) in [4.78, 5) is 5.92. The van der Waals surface area contributed by atoms with Crippen molar-refractivity contribution in [3.05, 3.63) is 23.5 Å². The fourth-order valence-electron chi connectivity index (χ4n) is 1.09. The third-order valence-corrected chi connectivity index (χ3v) is 2.06. The van der Waals surface area contributed by atoms with Crippen LogP contribution < -0.4 is 0 Å². The van der Waals surface area contributed by atoms with Gasteiger partial charge in [0.2, 0.25) is 0 Å². The van der Waals surface area contributed by atoms with Gasteiger partial charge in [0, 0.05) is 19.2 Å². The van der Waals surface area contributed by atoms with Crippen LogP contribution in [-0.2, 0) is 0 Å². The number of allylic oxidation sites excluding steroid dienone is 3. The van der Waals surface area contributed by atoms with Crippen molar-refractivity contribution in [3.63, 3.8) is 0 Å². The molecule has 0 spiro atoms. The number of hydrogen-bond acceptors (Lipinski definition) is 3. The minimum absolute atomic E-state index is 0.482. The predicted octanol–water partition coefficient (Wildman–Crippen LogP) is 2.47. The molecule has 0 atom stereocenters. The highest BCUT2D eigenvalue weighted by atomic mass is 15.2. The van der Waals surface area contributed by atoms with Gasteiger partial charge in [-0.05, 0) is 33.6 Å². The Labute approximate surface area is 86.3 Å². The summed E-state index contributed by atoms with van der Waals surface area (Å²) in [6.07, 6.45) is 3.60. The fraction of sp³-hybridized carbons (Fsp3) is 0.455. The highest BCUT2D eigenvalue weighted by Crippen LogP contribution is 2.11. The molecule has 0 saturated carbocycles.